The molecule has 0 aliphatic heterocycles. The lowest BCUT2D eigenvalue weighted by Gasteiger charge is -2.20. The highest BCUT2D eigenvalue weighted by Gasteiger charge is 2.20. The molecule has 0 aliphatic carbocycles. The van der Waals surface area contributed by atoms with E-state index in [-0.39, 0.29) is 5.54 Å². The summed E-state index contributed by atoms with van der Waals surface area (Å²) in [5.41, 5.74) is 2.90. The van der Waals surface area contributed by atoms with Crippen LogP contribution in [0.2, 0.25) is 0 Å². The molecule has 0 aliphatic rings. The van der Waals surface area contributed by atoms with Crippen molar-refractivity contribution in [1.82, 2.24) is 24.7 Å². The lowest BCUT2D eigenvalue weighted by Crippen LogP contribution is -2.23. The Balaban J connectivity index is 1.72. The zero-order valence-corrected chi connectivity index (χ0v) is 15.5. The number of benzene rings is 1. The molecule has 132 valence electrons. The van der Waals surface area contributed by atoms with Gasteiger partial charge in [-0.1, -0.05) is 18.2 Å². The molecule has 1 aromatic carbocycles. The van der Waals surface area contributed by atoms with Crippen LogP contribution in [0.1, 0.15) is 32.2 Å². The molecule has 0 radical (unpaired) electrons. The van der Waals surface area contributed by atoms with E-state index in [4.69, 9.17) is 0 Å². The second-order valence-electron chi connectivity index (χ2n) is 7.42. The fraction of sp³-hybridized carbons (Fsp3) is 0.300. The number of aryl methyl sites for hydroxylation is 1. The van der Waals surface area contributed by atoms with Crippen molar-refractivity contribution in [3.8, 4) is 0 Å². The number of para-hydroxylation sites is 1. The number of aromatic nitrogens is 5. The van der Waals surface area contributed by atoms with E-state index >= 15 is 0 Å². The van der Waals surface area contributed by atoms with Gasteiger partial charge in [-0.2, -0.15) is 5.10 Å². The van der Waals surface area contributed by atoms with Crippen molar-refractivity contribution >= 4 is 27.8 Å². The van der Waals surface area contributed by atoms with Gasteiger partial charge >= 0.3 is 0 Å². The molecule has 0 saturated carbocycles. The van der Waals surface area contributed by atoms with E-state index in [1.54, 1.807) is 0 Å². The Bertz CT molecular complexity index is 1090. The first kappa shape index (κ1) is 16.4. The van der Waals surface area contributed by atoms with Gasteiger partial charge in [-0.05, 0) is 45.4 Å². The fourth-order valence-corrected chi connectivity index (χ4v) is 3.13. The Labute approximate surface area is 152 Å². The van der Waals surface area contributed by atoms with Gasteiger partial charge in [0.15, 0.2) is 5.65 Å². The molecular formula is C20H22N6. The third-order valence-corrected chi connectivity index (χ3v) is 4.36. The Morgan fingerprint density at radius 1 is 1.04 bits per heavy atom. The lowest BCUT2D eigenvalue weighted by molar-refractivity contribution is 0.365. The monoisotopic (exact) mass is 346 g/mol. The fourth-order valence-electron chi connectivity index (χ4n) is 3.13. The van der Waals surface area contributed by atoms with E-state index in [1.165, 1.54) is 5.56 Å². The molecule has 1 N–H and O–H groups in total. The van der Waals surface area contributed by atoms with E-state index < -0.39 is 0 Å². The molecule has 0 saturated heterocycles. The summed E-state index contributed by atoms with van der Waals surface area (Å²) < 4.78 is 1.95. The molecule has 0 spiro atoms. The molecule has 4 aromatic rings. The van der Waals surface area contributed by atoms with E-state index in [9.17, 15) is 0 Å². The predicted octanol–water partition coefficient (Wildman–Crippen LogP) is 4.05. The maximum atomic E-state index is 4.61. The summed E-state index contributed by atoms with van der Waals surface area (Å²) in [5.74, 6) is 1.54. The van der Waals surface area contributed by atoms with Gasteiger partial charge in [-0.25, -0.2) is 14.6 Å². The van der Waals surface area contributed by atoms with Crippen LogP contribution >= 0.6 is 0 Å². The average molecular weight is 346 g/mol. The number of rotatable bonds is 3. The zero-order valence-electron chi connectivity index (χ0n) is 15.5. The number of anilines is 1. The van der Waals surface area contributed by atoms with Gasteiger partial charge in [-0.3, -0.25) is 4.98 Å². The number of fused-ring (bicyclic) bond motifs is 2. The highest BCUT2D eigenvalue weighted by molar-refractivity contribution is 5.87. The second-order valence-corrected chi connectivity index (χ2v) is 7.42. The SMILES string of the molecule is Cc1nc(NCc2ccnc3ccccc23)c2cnn(C(C)(C)C)c2n1. The molecule has 0 unspecified atom stereocenters. The molecule has 6 heteroatoms. The van der Waals surface area contributed by atoms with Crippen LogP contribution in [0.25, 0.3) is 21.9 Å². The minimum Gasteiger partial charge on any atom is -0.365 e. The summed E-state index contributed by atoms with van der Waals surface area (Å²) in [5, 5.41) is 10.1. The first-order valence-corrected chi connectivity index (χ1v) is 8.73. The largest absolute Gasteiger partial charge is 0.365 e. The Morgan fingerprint density at radius 3 is 2.65 bits per heavy atom. The maximum absolute atomic E-state index is 4.61. The molecule has 0 amide bonds. The van der Waals surface area contributed by atoms with Crippen LogP contribution in [0.5, 0.6) is 0 Å². The van der Waals surface area contributed by atoms with Gasteiger partial charge < -0.3 is 5.32 Å². The molecule has 6 nitrogen and oxygen atoms in total. The minimum atomic E-state index is -0.138. The third kappa shape index (κ3) is 2.87. The van der Waals surface area contributed by atoms with Crippen molar-refractivity contribution < 1.29 is 0 Å². The highest BCUT2D eigenvalue weighted by atomic mass is 15.3. The molecule has 3 aromatic heterocycles. The van der Waals surface area contributed by atoms with Crippen LogP contribution in [0.4, 0.5) is 5.82 Å². The molecular weight excluding hydrogens is 324 g/mol. The first-order valence-electron chi connectivity index (χ1n) is 8.73. The standard InChI is InChI=1S/C20H22N6/c1-13-24-18(16-12-23-26(19(16)25-13)20(2,3)4)22-11-14-9-10-21-17-8-6-5-7-15(14)17/h5-10,12H,11H2,1-4H3,(H,22,24,25). The lowest BCUT2D eigenvalue weighted by atomic mass is 10.1. The number of hydrogen-bond acceptors (Lipinski definition) is 5. The zero-order chi connectivity index (χ0) is 18.3. The molecule has 0 atom stereocenters. The van der Waals surface area contributed by atoms with Crippen molar-refractivity contribution in [2.75, 3.05) is 5.32 Å². The normalized spacial score (nSPS) is 12.0. The van der Waals surface area contributed by atoms with Gasteiger partial charge in [-0.15, -0.1) is 0 Å². The molecule has 26 heavy (non-hydrogen) atoms. The Hall–Kier alpha value is -3.02. The van der Waals surface area contributed by atoms with Gasteiger partial charge in [0.1, 0.15) is 11.6 Å². The van der Waals surface area contributed by atoms with Crippen LogP contribution in [-0.4, -0.2) is 24.7 Å². The van der Waals surface area contributed by atoms with Gasteiger partial charge in [0.05, 0.1) is 22.6 Å². The smallest absolute Gasteiger partial charge is 0.164 e. The van der Waals surface area contributed by atoms with Crippen LogP contribution in [0.15, 0.2) is 42.7 Å². The minimum absolute atomic E-state index is 0.138. The number of pyridine rings is 1. The van der Waals surface area contributed by atoms with Crippen molar-refractivity contribution in [1.29, 1.82) is 0 Å². The number of hydrogen-bond donors (Lipinski definition) is 1. The maximum Gasteiger partial charge on any atom is 0.164 e. The summed E-state index contributed by atoms with van der Waals surface area (Å²) in [6.07, 6.45) is 3.69. The number of nitrogens with zero attached hydrogens (tertiary/aromatic N) is 5. The molecule has 0 bridgehead atoms. The van der Waals surface area contributed by atoms with Crippen molar-refractivity contribution in [2.24, 2.45) is 0 Å². The summed E-state index contributed by atoms with van der Waals surface area (Å²) in [4.78, 5) is 13.6. The highest BCUT2D eigenvalue weighted by Crippen LogP contribution is 2.26. The van der Waals surface area contributed by atoms with E-state index in [0.29, 0.717) is 6.54 Å². The third-order valence-electron chi connectivity index (χ3n) is 4.36. The molecule has 0 fully saturated rings. The quantitative estimate of drug-likeness (QED) is 0.606. The predicted molar refractivity (Wildman–Crippen MR) is 104 cm³/mol. The van der Waals surface area contributed by atoms with Crippen molar-refractivity contribution in [3.05, 3.63) is 54.1 Å². The second kappa shape index (κ2) is 6.05. The van der Waals surface area contributed by atoms with Gasteiger partial charge in [0, 0.05) is 18.1 Å². The topological polar surface area (TPSA) is 68.5 Å². The van der Waals surface area contributed by atoms with Crippen LogP contribution in [0, 0.1) is 6.92 Å². The average Bonchev–Trinajstić information content (AvgIpc) is 3.03. The summed E-state index contributed by atoms with van der Waals surface area (Å²) in [6.45, 7) is 8.93. The van der Waals surface area contributed by atoms with Crippen LogP contribution < -0.4 is 5.32 Å². The summed E-state index contributed by atoms with van der Waals surface area (Å²) in [6, 6.07) is 10.2. The molecule has 4 rings (SSSR count). The Kier molecular flexibility index (Phi) is 3.83. The number of nitrogens with one attached hydrogen (secondary N) is 1. The van der Waals surface area contributed by atoms with E-state index in [0.717, 1.165) is 33.6 Å². The van der Waals surface area contributed by atoms with E-state index in [1.807, 2.05) is 48.3 Å². The van der Waals surface area contributed by atoms with Crippen molar-refractivity contribution in [2.45, 2.75) is 39.8 Å². The van der Waals surface area contributed by atoms with Crippen LogP contribution in [-0.2, 0) is 12.1 Å². The van der Waals surface area contributed by atoms with Crippen molar-refractivity contribution in [3.63, 3.8) is 0 Å². The summed E-state index contributed by atoms with van der Waals surface area (Å²) >= 11 is 0. The first-order chi connectivity index (χ1) is 12.4. The molecule has 3 heterocycles. The van der Waals surface area contributed by atoms with E-state index in [2.05, 4.69) is 52.2 Å². The van der Waals surface area contributed by atoms with Crippen LogP contribution in [0.3, 0.4) is 0 Å². The Morgan fingerprint density at radius 2 is 1.85 bits per heavy atom. The van der Waals surface area contributed by atoms with Gasteiger partial charge in [0.25, 0.3) is 0 Å². The summed E-state index contributed by atoms with van der Waals surface area (Å²) in [7, 11) is 0. The van der Waals surface area contributed by atoms with Gasteiger partial charge in [0.2, 0.25) is 0 Å².